The van der Waals surface area contributed by atoms with E-state index in [1.165, 1.54) is 0 Å². The summed E-state index contributed by atoms with van der Waals surface area (Å²) in [6, 6.07) is 1.86. The summed E-state index contributed by atoms with van der Waals surface area (Å²) >= 11 is 7.96. The van der Waals surface area contributed by atoms with Crippen LogP contribution in [0.2, 0.25) is 5.02 Å². The fourth-order valence-electron chi connectivity index (χ4n) is 1.84. The molecule has 1 aromatic heterocycles. The van der Waals surface area contributed by atoms with E-state index in [9.17, 15) is 4.79 Å². The molecule has 1 atom stereocenters. The molecule has 1 aromatic rings. The van der Waals surface area contributed by atoms with Crippen molar-refractivity contribution in [3.05, 3.63) is 20.4 Å². The molecule has 1 aliphatic rings. The molecule has 1 unspecified atom stereocenters. The Morgan fingerprint density at radius 2 is 2.44 bits per heavy atom. The van der Waals surface area contributed by atoms with Crippen LogP contribution in [-0.4, -0.2) is 41.9 Å². The molecule has 7 heteroatoms. The molecule has 5 nitrogen and oxygen atoms in total. The van der Waals surface area contributed by atoms with Crippen LogP contribution < -0.4 is 4.90 Å². The molecule has 2 heterocycles. The van der Waals surface area contributed by atoms with Crippen LogP contribution in [0.15, 0.2) is 6.07 Å². The summed E-state index contributed by atoms with van der Waals surface area (Å²) < 4.78 is 5.81. The van der Waals surface area contributed by atoms with Crippen LogP contribution in [0.25, 0.3) is 0 Å². The molecule has 98 valence electrons. The van der Waals surface area contributed by atoms with Gasteiger partial charge >= 0.3 is 5.97 Å². The fraction of sp³-hybridized carbons (Fsp3) is 0.455. The minimum atomic E-state index is -1.07. The fourth-order valence-corrected chi connectivity index (χ4v) is 2.54. The average Bonchev–Trinajstić information content (AvgIpc) is 2.33. The summed E-state index contributed by atoms with van der Waals surface area (Å²) in [5.41, 5.74) is -0.00297. The Labute approximate surface area is 123 Å². The topological polar surface area (TPSA) is 62.7 Å². The van der Waals surface area contributed by atoms with Gasteiger partial charge in [0.25, 0.3) is 0 Å². The van der Waals surface area contributed by atoms with Crippen molar-refractivity contribution in [2.24, 2.45) is 0 Å². The number of carboxylic acids is 1. The van der Waals surface area contributed by atoms with Gasteiger partial charge in [-0.3, -0.25) is 0 Å². The Balaban J connectivity index is 2.41. The van der Waals surface area contributed by atoms with Gasteiger partial charge in [0.15, 0.2) is 5.69 Å². The maximum absolute atomic E-state index is 11.1. The van der Waals surface area contributed by atoms with E-state index in [2.05, 4.69) is 4.98 Å². The highest BCUT2D eigenvalue weighted by molar-refractivity contribution is 14.1. The molecule has 0 saturated carbocycles. The van der Waals surface area contributed by atoms with Gasteiger partial charge < -0.3 is 14.7 Å². The van der Waals surface area contributed by atoms with Crippen molar-refractivity contribution >= 4 is 46.0 Å². The van der Waals surface area contributed by atoms with Gasteiger partial charge in [0.1, 0.15) is 5.82 Å². The first-order chi connectivity index (χ1) is 8.50. The number of morpholine rings is 1. The molecular weight excluding hydrogens is 370 g/mol. The lowest BCUT2D eigenvalue weighted by Crippen LogP contribution is -2.44. The first-order valence-electron chi connectivity index (χ1n) is 5.44. The number of carboxylic acid groups (broad SMARTS) is 1. The third-order valence-corrected chi connectivity index (χ3v) is 4.47. The lowest BCUT2D eigenvalue weighted by atomic mass is 10.2. The maximum Gasteiger partial charge on any atom is 0.355 e. The second kappa shape index (κ2) is 5.58. The Morgan fingerprint density at radius 1 is 1.72 bits per heavy atom. The van der Waals surface area contributed by atoms with E-state index in [-0.39, 0.29) is 11.7 Å². The van der Waals surface area contributed by atoms with E-state index >= 15 is 0 Å². The molecule has 1 aliphatic heterocycles. The summed E-state index contributed by atoms with van der Waals surface area (Å²) in [6.07, 6.45) is 0. The molecular formula is C11H12ClIN2O3. The van der Waals surface area contributed by atoms with Crippen LogP contribution >= 0.6 is 34.2 Å². The van der Waals surface area contributed by atoms with Crippen molar-refractivity contribution in [1.29, 1.82) is 0 Å². The molecule has 0 bridgehead atoms. The van der Waals surface area contributed by atoms with Gasteiger partial charge in [-0.2, -0.15) is 0 Å². The van der Waals surface area contributed by atoms with E-state index in [1.54, 1.807) is 6.07 Å². The van der Waals surface area contributed by atoms with Gasteiger partial charge in [0.2, 0.25) is 0 Å². The number of rotatable bonds is 2. The van der Waals surface area contributed by atoms with Crippen molar-refractivity contribution < 1.29 is 14.6 Å². The van der Waals surface area contributed by atoms with E-state index in [4.69, 9.17) is 21.4 Å². The third-order valence-electron chi connectivity index (χ3n) is 2.76. The zero-order valence-electron chi connectivity index (χ0n) is 9.69. The number of hydrogen-bond donors (Lipinski definition) is 1. The minimum absolute atomic E-state index is 0.00297. The molecule has 18 heavy (non-hydrogen) atoms. The van der Waals surface area contributed by atoms with Crippen molar-refractivity contribution in [2.45, 2.75) is 13.0 Å². The number of halogens is 2. The van der Waals surface area contributed by atoms with Gasteiger partial charge in [-0.05, 0) is 29.5 Å². The van der Waals surface area contributed by atoms with Gasteiger partial charge in [0.05, 0.1) is 27.8 Å². The lowest BCUT2D eigenvalue weighted by Gasteiger charge is -2.34. The zero-order valence-corrected chi connectivity index (χ0v) is 12.6. The standard InChI is InChI=1S/C11H12ClIN2O3/c1-6-5-18-3-2-15(6)8-4-7(12)9(13)10(14-8)11(16)17/h4,6H,2-3,5H2,1H3,(H,16,17). The van der Waals surface area contributed by atoms with Crippen molar-refractivity contribution in [1.82, 2.24) is 4.98 Å². The highest BCUT2D eigenvalue weighted by Crippen LogP contribution is 2.27. The largest absolute Gasteiger partial charge is 0.476 e. The number of ether oxygens (including phenoxy) is 1. The van der Waals surface area contributed by atoms with Crippen molar-refractivity contribution in [2.75, 3.05) is 24.7 Å². The highest BCUT2D eigenvalue weighted by Gasteiger charge is 2.23. The molecule has 1 saturated heterocycles. The molecule has 1 fully saturated rings. The maximum atomic E-state index is 11.1. The minimum Gasteiger partial charge on any atom is -0.476 e. The van der Waals surface area contributed by atoms with E-state index in [0.29, 0.717) is 34.2 Å². The first-order valence-corrected chi connectivity index (χ1v) is 6.90. The van der Waals surface area contributed by atoms with Gasteiger partial charge in [-0.15, -0.1) is 0 Å². The molecule has 0 amide bonds. The Bertz CT molecular complexity index is 484. The number of pyridine rings is 1. The second-order valence-corrected chi connectivity index (χ2v) is 5.53. The van der Waals surface area contributed by atoms with Crippen LogP contribution in [0.1, 0.15) is 17.4 Å². The summed E-state index contributed by atoms with van der Waals surface area (Å²) in [5, 5.41) is 9.52. The van der Waals surface area contributed by atoms with Crippen LogP contribution in [-0.2, 0) is 4.74 Å². The quantitative estimate of drug-likeness (QED) is 0.795. The Kier molecular flexibility index (Phi) is 4.29. The first kappa shape index (κ1) is 13.8. The number of nitrogens with zero attached hydrogens (tertiary/aromatic N) is 2. The number of hydrogen-bond acceptors (Lipinski definition) is 4. The monoisotopic (exact) mass is 382 g/mol. The molecule has 1 N–H and O–H groups in total. The Morgan fingerprint density at radius 3 is 3.06 bits per heavy atom. The highest BCUT2D eigenvalue weighted by atomic mass is 127. The van der Waals surface area contributed by atoms with Gasteiger partial charge in [-0.25, -0.2) is 9.78 Å². The normalized spacial score (nSPS) is 19.9. The van der Waals surface area contributed by atoms with Crippen LogP contribution in [0.5, 0.6) is 0 Å². The van der Waals surface area contributed by atoms with Crippen molar-refractivity contribution in [3.8, 4) is 0 Å². The summed E-state index contributed by atoms with van der Waals surface area (Å²) in [4.78, 5) is 17.3. The van der Waals surface area contributed by atoms with Crippen LogP contribution in [0, 0.1) is 3.57 Å². The van der Waals surface area contributed by atoms with Gasteiger partial charge in [-0.1, -0.05) is 11.6 Å². The number of aromatic carboxylic acids is 1. The number of aromatic nitrogens is 1. The van der Waals surface area contributed by atoms with E-state index in [0.717, 1.165) is 0 Å². The second-order valence-electron chi connectivity index (χ2n) is 4.05. The van der Waals surface area contributed by atoms with Crippen LogP contribution in [0.4, 0.5) is 5.82 Å². The van der Waals surface area contributed by atoms with Gasteiger partial charge in [0, 0.05) is 12.6 Å². The lowest BCUT2D eigenvalue weighted by molar-refractivity contribution is 0.0689. The molecule has 0 aromatic carbocycles. The third kappa shape index (κ3) is 2.70. The summed E-state index contributed by atoms with van der Waals surface area (Å²) in [5.74, 6) is -0.474. The molecule has 0 spiro atoms. The number of anilines is 1. The summed E-state index contributed by atoms with van der Waals surface area (Å²) in [6.45, 7) is 3.91. The molecule has 0 aliphatic carbocycles. The predicted octanol–water partition coefficient (Wildman–Crippen LogP) is 2.26. The average molecular weight is 383 g/mol. The SMILES string of the molecule is CC1COCCN1c1cc(Cl)c(I)c(C(=O)O)n1. The number of carbonyl (C=O) groups is 1. The van der Waals surface area contributed by atoms with Crippen LogP contribution in [0.3, 0.4) is 0 Å². The zero-order chi connectivity index (χ0) is 13.3. The van der Waals surface area contributed by atoms with Crippen molar-refractivity contribution in [3.63, 3.8) is 0 Å². The molecule has 2 rings (SSSR count). The smallest absolute Gasteiger partial charge is 0.355 e. The molecule has 0 radical (unpaired) electrons. The summed E-state index contributed by atoms with van der Waals surface area (Å²) in [7, 11) is 0. The Hall–Kier alpha value is -0.600. The predicted molar refractivity (Wildman–Crippen MR) is 76.6 cm³/mol. The van der Waals surface area contributed by atoms with E-state index < -0.39 is 5.97 Å². The van der Waals surface area contributed by atoms with E-state index in [1.807, 2.05) is 34.4 Å².